The van der Waals surface area contributed by atoms with Gasteiger partial charge in [0.2, 0.25) is 0 Å². The Bertz CT molecular complexity index is 1260. The van der Waals surface area contributed by atoms with Crippen LogP contribution in [0.5, 0.6) is 5.75 Å². The number of amides is 1. The summed E-state index contributed by atoms with van der Waals surface area (Å²) in [5.74, 6) is -1.06. The summed E-state index contributed by atoms with van der Waals surface area (Å²) in [6, 6.07) is 10.1. The SMILES string of the molecule is Cc1ccc(C(=O)NCC(C)C)cc1-n1c(C)cc(OCc2ccc(F)cc2F)c(Br)c1=O. The van der Waals surface area contributed by atoms with Gasteiger partial charge < -0.3 is 10.1 Å². The number of aromatic nitrogens is 1. The molecule has 1 N–H and O–H groups in total. The number of nitrogens with one attached hydrogen (secondary N) is 1. The Morgan fingerprint density at radius 3 is 2.52 bits per heavy atom. The zero-order valence-electron chi connectivity index (χ0n) is 18.8. The first-order chi connectivity index (χ1) is 15.6. The van der Waals surface area contributed by atoms with Gasteiger partial charge in [-0.15, -0.1) is 0 Å². The highest BCUT2D eigenvalue weighted by Gasteiger charge is 2.17. The maximum atomic E-state index is 13.9. The topological polar surface area (TPSA) is 60.3 Å². The maximum Gasteiger partial charge on any atom is 0.273 e. The Kier molecular flexibility index (Phi) is 7.68. The number of halogens is 3. The second-order valence-corrected chi connectivity index (χ2v) is 9.03. The molecule has 0 saturated heterocycles. The highest BCUT2D eigenvalue weighted by Crippen LogP contribution is 2.26. The number of hydrogen-bond acceptors (Lipinski definition) is 3. The van der Waals surface area contributed by atoms with Gasteiger partial charge in [-0.05, 0) is 65.5 Å². The van der Waals surface area contributed by atoms with E-state index in [0.717, 1.165) is 17.7 Å². The fourth-order valence-electron chi connectivity index (χ4n) is 3.27. The minimum absolute atomic E-state index is 0.157. The maximum absolute atomic E-state index is 13.9. The number of pyridine rings is 1. The molecule has 0 spiro atoms. The molecule has 1 amide bonds. The molecule has 0 aliphatic rings. The van der Waals surface area contributed by atoms with Gasteiger partial charge in [0.1, 0.15) is 28.5 Å². The van der Waals surface area contributed by atoms with Crippen LogP contribution >= 0.6 is 15.9 Å². The lowest BCUT2D eigenvalue weighted by Crippen LogP contribution is -2.28. The van der Waals surface area contributed by atoms with Crippen molar-refractivity contribution in [1.82, 2.24) is 9.88 Å². The average Bonchev–Trinajstić information content (AvgIpc) is 2.75. The standard InChI is InChI=1S/C25H25BrF2N2O3/c1-14(2)12-29-24(31)17-6-5-15(3)21(10-17)30-16(4)9-22(23(26)25(30)32)33-13-18-7-8-19(27)11-20(18)28/h5-11,14H,12-13H2,1-4H3,(H,29,31). The number of benzene rings is 2. The lowest BCUT2D eigenvalue weighted by molar-refractivity contribution is 0.0949. The summed E-state index contributed by atoms with van der Waals surface area (Å²) in [6.07, 6.45) is 0. The summed E-state index contributed by atoms with van der Waals surface area (Å²) in [4.78, 5) is 25.7. The molecule has 0 aliphatic heterocycles. The Balaban J connectivity index is 1.93. The van der Waals surface area contributed by atoms with Crippen molar-refractivity contribution >= 4 is 21.8 Å². The van der Waals surface area contributed by atoms with Crippen molar-refractivity contribution in [3.05, 3.63) is 91.3 Å². The third-order valence-electron chi connectivity index (χ3n) is 5.08. The van der Waals surface area contributed by atoms with Gasteiger partial charge in [0.15, 0.2) is 0 Å². The van der Waals surface area contributed by atoms with E-state index in [9.17, 15) is 18.4 Å². The van der Waals surface area contributed by atoms with Crippen LogP contribution in [0.2, 0.25) is 0 Å². The van der Waals surface area contributed by atoms with Gasteiger partial charge >= 0.3 is 0 Å². The first kappa shape index (κ1) is 24.6. The number of nitrogens with zero attached hydrogens (tertiary/aromatic N) is 1. The molecule has 3 aromatic rings. The van der Waals surface area contributed by atoms with Crippen LogP contribution in [0.1, 0.15) is 41.0 Å². The zero-order valence-corrected chi connectivity index (χ0v) is 20.4. The molecule has 0 unspecified atom stereocenters. The Morgan fingerprint density at radius 1 is 1.12 bits per heavy atom. The minimum Gasteiger partial charge on any atom is -0.487 e. The summed E-state index contributed by atoms with van der Waals surface area (Å²) >= 11 is 3.29. The predicted octanol–water partition coefficient (Wildman–Crippen LogP) is 5.46. The van der Waals surface area contributed by atoms with Gasteiger partial charge in [0.25, 0.3) is 11.5 Å². The molecule has 0 aliphatic carbocycles. The van der Waals surface area contributed by atoms with Crippen molar-refractivity contribution in [3.8, 4) is 11.4 Å². The van der Waals surface area contributed by atoms with Crippen molar-refractivity contribution in [1.29, 1.82) is 0 Å². The normalized spacial score (nSPS) is 11.0. The molecule has 8 heteroatoms. The summed E-state index contributed by atoms with van der Waals surface area (Å²) in [6.45, 7) is 7.99. The second-order valence-electron chi connectivity index (χ2n) is 8.23. The molecular formula is C25H25BrF2N2O3. The molecule has 174 valence electrons. The zero-order chi connectivity index (χ0) is 24.3. The van der Waals surface area contributed by atoms with E-state index in [1.807, 2.05) is 20.8 Å². The van der Waals surface area contributed by atoms with Gasteiger partial charge in [-0.1, -0.05) is 19.9 Å². The largest absolute Gasteiger partial charge is 0.487 e. The molecule has 1 aromatic heterocycles. The van der Waals surface area contributed by atoms with E-state index in [1.165, 1.54) is 10.6 Å². The molecule has 5 nitrogen and oxygen atoms in total. The van der Waals surface area contributed by atoms with Crippen LogP contribution in [-0.4, -0.2) is 17.0 Å². The van der Waals surface area contributed by atoms with Crippen molar-refractivity contribution in [2.45, 2.75) is 34.3 Å². The lowest BCUT2D eigenvalue weighted by atomic mass is 10.1. The van der Waals surface area contributed by atoms with Gasteiger partial charge in [-0.3, -0.25) is 14.2 Å². The van der Waals surface area contributed by atoms with Crippen LogP contribution in [0.15, 0.2) is 51.7 Å². The second kappa shape index (κ2) is 10.3. The molecule has 0 fully saturated rings. The fourth-order valence-corrected chi connectivity index (χ4v) is 3.68. The van der Waals surface area contributed by atoms with Crippen molar-refractivity contribution < 1.29 is 18.3 Å². The highest BCUT2D eigenvalue weighted by atomic mass is 79.9. The van der Waals surface area contributed by atoms with Gasteiger partial charge in [-0.25, -0.2) is 8.78 Å². The van der Waals surface area contributed by atoms with Crippen LogP contribution < -0.4 is 15.6 Å². The van der Waals surface area contributed by atoms with Crippen LogP contribution in [0, 0.1) is 31.4 Å². The Labute approximate surface area is 199 Å². The lowest BCUT2D eigenvalue weighted by Gasteiger charge is -2.17. The monoisotopic (exact) mass is 518 g/mol. The van der Waals surface area contributed by atoms with E-state index in [2.05, 4.69) is 21.2 Å². The van der Waals surface area contributed by atoms with Gasteiger partial charge in [0, 0.05) is 35.5 Å². The van der Waals surface area contributed by atoms with E-state index in [1.54, 1.807) is 31.2 Å². The molecule has 2 aromatic carbocycles. The molecule has 1 heterocycles. The van der Waals surface area contributed by atoms with E-state index in [4.69, 9.17) is 4.74 Å². The number of carbonyl (C=O) groups is 1. The number of aryl methyl sites for hydroxylation is 2. The van der Waals surface area contributed by atoms with E-state index in [0.29, 0.717) is 29.4 Å². The number of carbonyl (C=O) groups excluding carboxylic acids is 1. The molecule has 0 atom stereocenters. The average molecular weight is 519 g/mol. The summed E-state index contributed by atoms with van der Waals surface area (Å²) in [5, 5.41) is 2.88. The number of rotatable bonds is 7. The van der Waals surface area contributed by atoms with Crippen molar-refractivity contribution in [3.63, 3.8) is 0 Å². The van der Waals surface area contributed by atoms with E-state index in [-0.39, 0.29) is 33.9 Å². The van der Waals surface area contributed by atoms with Crippen LogP contribution in [0.4, 0.5) is 8.78 Å². The first-order valence-corrected chi connectivity index (χ1v) is 11.3. The fraction of sp³-hybridized carbons (Fsp3) is 0.280. The summed E-state index contributed by atoms with van der Waals surface area (Å²) < 4.78 is 34.3. The smallest absolute Gasteiger partial charge is 0.273 e. The predicted molar refractivity (Wildman–Crippen MR) is 127 cm³/mol. The summed E-state index contributed by atoms with van der Waals surface area (Å²) in [5.41, 5.74) is 2.20. The van der Waals surface area contributed by atoms with Gasteiger partial charge in [-0.2, -0.15) is 0 Å². The molecule has 0 radical (unpaired) electrons. The molecule has 0 saturated carbocycles. The third kappa shape index (κ3) is 5.68. The number of hydrogen-bond donors (Lipinski definition) is 1. The van der Waals surface area contributed by atoms with Crippen LogP contribution in [0.25, 0.3) is 5.69 Å². The van der Waals surface area contributed by atoms with E-state index < -0.39 is 11.6 Å². The molecular weight excluding hydrogens is 494 g/mol. The highest BCUT2D eigenvalue weighted by molar-refractivity contribution is 9.10. The Hall–Kier alpha value is -3.00. The van der Waals surface area contributed by atoms with Crippen molar-refractivity contribution in [2.24, 2.45) is 5.92 Å². The third-order valence-corrected chi connectivity index (χ3v) is 5.81. The molecule has 33 heavy (non-hydrogen) atoms. The summed E-state index contributed by atoms with van der Waals surface area (Å²) in [7, 11) is 0. The number of ether oxygens (including phenoxy) is 1. The quantitative estimate of drug-likeness (QED) is 0.451. The van der Waals surface area contributed by atoms with E-state index >= 15 is 0 Å². The molecule has 0 bridgehead atoms. The van der Waals surface area contributed by atoms with Gasteiger partial charge in [0.05, 0.1) is 5.69 Å². The van der Waals surface area contributed by atoms with Crippen LogP contribution in [0.3, 0.4) is 0 Å². The van der Waals surface area contributed by atoms with Crippen LogP contribution in [-0.2, 0) is 6.61 Å². The first-order valence-electron chi connectivity index (χ1n) is 10.5. The molecule has 3 rings (SSSR count). The van der Waals surface area contributed by atoms with Crippen molar-refractivity contribution in [2.75, 3.05) is 6.54 Å². The minimum atomic E-state index is -0.723. The Morgan fingerprint density at radius 2 is 1.85 bits per heavy atom.